The number of carboxylic acids is 1. The molecule has 0 spiro atoms. The van der Waals surface area contributed by atoms with Gasteiger partial charge in [-0.1, -0.05) is 54.6 Å². The molecule has 1 aliphatic rings. The van der Waals surface area contributed by atoms with Gasteiger partial charge in [-0.2, -0.15) is 39.5 Å². The summed E-state index contributed by atoms with van der Waals surface area (Å²) in [5.74, 6) is -1.67. The van der Waals surface area contributed by atoms with E-state index in [4.69, 9.17) is 9.90 Å². The van der Waals surface area contributed by atoms with E-state index in [1.807, 2.05) is 18.2 Å². The highest BCUT2D eigenvalue weighted by molar-refractivity contribution is 5.73. The number of carbonyl (C=O) groups is 1. The first kappa shape index (κ1) is 32.6. The molecular weight excluding hydrogens is 585 g/mol. The first-order chi connectivity index (χ1) is 19.4. The van der Waals surface area contributed by atoms with Crippen molar-refractivity contribution in [3.63, 3.8) is 0 Å². The smallest absolute Gasteiger partial charge is 0.475 e. The van der Waals surface area contributed by atoms with E-state index in [0.29, 0.717) is 35.1 Å². The van der Waals surface area contributed by atoms with Crippen molar-refractivity contribution in [2.45, 2.75) is 43.4 Å². The fourth-order valence-corrected chi connectivity index (χ4v) is 4.31. The number of alkyl halides is 9. The van der Waals surface area contributed by atoms with Gasteiger partial charge < -0.3 is 15.1 Å². The molecule has 0 aliphatic carbocycles. The van der Waals surface area contributed by atoms with Gasteiger partial charge in [0, 0.05) is 36.6 Å². The molecule has 3 aromatic rings. The van der Waals surface area contributed by atoms with E-state index < -0.39 is 35.7 Å². The van der Waals surface area contributed by atoms with E-state index in [1.165, 1.54) is 18.0 Å². The summed E-state index contributed by atoms with van der Waals surface area (Å²) >= 11 is 0. The number of carboxylic acid groups (broad SMARTS) is 1. The summed E-state index contributed by atoms with van der Waals surface area (Å²) in [7, 11) is 0. The van der Waals surface area contributed by atoms with Crippen LogP contribution in [0.2, 0.25) is 0 Å². The van der Waals surface area contributed by atoms with Crippen LogP contribution in [0.1, 0.15) is 24.0 Å². The second-order valence-corrected chi connectivity index (χ2v) is 9.48. The van der Waals surface area contributed by atoms with Crippen LogP contribution in [-0.2, 0) is 16.8 Å². The molecule has 4 rings (SSSR count). The monoisotopic (exact) mass is 609 g/mol. The van der Waals surface area contributed by atoms with Gasteiger partial charge in [-0.15, -0.1) is 0 Å². The van der Waals surface area contributed by atoms with Gasteiger partial charge in [-0.05, 0) is 36.3 Å². The third-order valence-electron chi connectivity index (χ3n) is 6.60. The van der Waals surface area contributed by atoms with Crippen molar-refractivity contribution in [2.24, 2.45) is 5.92 Å². The lowest BCUT2D eigenvalue weighted by atomic mass is 9.90. The number of aromatic nitrogens is 2. The maximum Gasteiger partial charge on any atom is 0.490 e. The number of anilines is 1. The van der Waals surface area contributed by atoms with E-state index in [0.717, 1.165) is 44.5 Å². The maximum absolute atomic E-state index is 13.1. The van der Waals surface area contributed by atoms with Crippen LogP contribution in [0.5, 0.6) is 0 Å². The van der Waals surface area contributed by atoms with Crippen LogP contribution >= 0.6 is 0 Å². The standard InChI is InChI=1S/C25H23F6N3O.C2HF3O2/c26-24(27,28)23(35,25(29,30)31)21-8-6-19(7-9-21)20-15-32-22(33-16-20)34-12-10-18(11-13-34)14-17-4-2-1-3-5-17;3-2(4,5)1(6)7/h1-9,15-16,18,35H,10-14H2;(H,6,7). The molecule has 0 bridgehead atoms. The first-order valence-corrected chi connectivity index (χ1v) is 12.3. The molecule has 0 radical (unpaired) electrons. The molecule has 1 saturated heterocycles. The van der Waals surface area contributed by atoms with Gasteiger partial charge >= 0.3 is 24.5 Å². The number of hydrogen-bond donors (Lipinski definition) is 2. The van der Waals surface area contributed by atoms with Crippen molar-refractivity contribution in [1.29, 1.82) is 0 Å². The summed E-state index contributed by atoms with van der Waals surface area (Å²) in [5, 5.41) is 16.6. The van der Waals surface area contributed by atoms with Crippen LogP contribution in [0.4, 0.5) is 45.5 Å². The Labute approximate surface area is 233 Å². The molecule has 1 aromatic heterocycles. The Balaban J connectivity index is 0.000000616. The van der Waals surface area contributed by atoms with Gasteiger partial charge in [-0.25, -0.2) is 14.8 Å². The Kier molecular flexibility index (Phi) is 9.75. The zero-order valence-electron chi connectivity index (χ0n) is 21.5. The van der Waals surface area contributed by atoms with E-state index in [1.54, 1.807) is 0 Å². The number of halogens is 9. The molecule has 15 heteroatoms. The number of rotatable bonds is 5. The van der Waals surface area contributed by atoms with E-state index in [9.17, 15) is 44.6 Å². The molecule has 0 atom stereocenters. The molecule has 0 unspecified atom stereocenters. The van der Waals surface area contributed by atoms with Crippen LogP contribution < -0.4 is 4.90 Å². The Morgan fingerprint density at radius 2 is 1.26 bits per heavy atom. The summed E-state index contributed by atoms with van der Waals surface area (Å²) in [4.78, 5) is 19.6. The number of piperidine rings is 1. The largest absolute Gasteiger partial charge is 0.490 e. The fraction of sp³-hybridized carbons (Fsp3) is 0.370. The molecule has 42 heavy (non-hydrogen) atoms. The quantitative estimate of drug-likeness (QED) is 0.320. The Hall–Kier alpha value is -3.88. The normalized spacial score (nSPS) is 15.1. The summed E-state index contributed by atoms with van der Waals surface area (Å²) in [5.41, 5.74) is -4.19. The fourth-order valence-electron chi connectivity index (χ4n) is 4.31. The van der Waals surface area contributed by atoms with Crippen LogP contribution in [0.15, 0.2) is 67.0 Å². The SMILES string of the molecule is O=C(O)C(F)(F)F.OC(c1ccc(-c2cnc(N3CCC(Cc4ccccc4)CC3)nc2)cc1)(C(F)(F)F)C(F)(F)F. The van der Waals surface area contributed by atoms with E-state index >= 15 is 0 Å². The average Bonchev–Trinajstić information content (AvgIpc) is 2.92. The number of aliphatic hydroxyl groups is 1. The molecule has 2 aromatic carbocycles. The van der Waals surface area contributed by atoms with Crippen LogP contribution in [0, 0.1) is 5.92 Å². The Morgan fingerprint density at radius 3 is 1.69 bits per heavy atom. The number of nitrogens with zero attached hydrogens (tertiary/aromatic N) is 3. The molecule has 2 heterocycles. The number of hydrogen-bond acceptors (Lipinski definition) is 5. The summed E-state index contributed by atoms with van der Waals surface area (Å²) in [6.45, 7) is 1.58. The maximum atomic E-state index is 13.1. The highest BCUT2D eigenvalue weighted by atomic mass is 19.4. The van der Waals surface area contributed by atoms with Crippen LogP contribution in [-0.4, -0.2) is 57.8 Å². The van der Waals surface area contributed by atoms with Gasteiger partial charge in [0.15, 0.2) is 0 Å². The zero-order chi connectivity index (χ0) is 31.3. The Bertz CT molecular complexity index is 1290. The lowest BCUT2D eigenvalue weighted by molar-refractivity contribution is -0.376. The van der Waals surface area contributed by atoms with Gasteiger partial charge in [-0.3, -0.25) is 0 Å². The number of aliphatic carboxylic acids is 1. The third kappa shape index (κ3) is 7.69. The third-order valence-corrected chi connectivity index (χ3v) is 6.60. The van der Waals surface area contributed by atoms with Gasteiger partial charge in [0.1, 0.15) is 0 Å². The van der Waals surface area contributed by atoms with Gasteiger partial charge in [0.05, 0.1) is 0 Å². The molecule has 0 amide bonds. The van der Waals surface area contributed by atoms with Crippen molar-refractivity contribution in [3.05, 3.63) is 78.1 Å². The minimum absolute atomic E-state index is 0.327. The lowest BCUT2D eigenvalue weighted by Crippen LogP contribution is -2.53. The summed E-state index contributed by atoms with van der Waals surface area (Å²) in [6, 6.07) is 13.7. The first-order valence-electron chi connectivity index (χ1n) is 12.3. The van der Waals surface area contributed by atoms with Crippen molar-refractivity contribution in [1.82, 2.24) is 9.97 Å². The van der Waals surface area contributed by atoms with Gasteiger partial charge in [0.25, 0.3) is 5.60 Å². The second kappa shape index (κ2) is 12.5. The van der Waals surface area contributed by atoms with E-state index in [-0.39, 0.29) is 0 Å². The molecule has 0 saturated carbocycles. The van der Waals surface area contributed by atoms with Gasteiger partial charge in [0.2, 0.25) is 5.95 Å². The molecule has 1 fully saturated rings. The highest BCUT2D eigenvalue weighted by Crippen LogP contribution is 2.50. The predicted molar refractivity (Wildman–Crippen MR) is 132 cm³/mol. The molecule has 2 N–H and O–H groups in total. The van der Waals surface area contributed by atoms with Crippen LogP contribution in [0.25, 0.3) is 11.1 Å². The topological polar surface area (TPSA) is 86.5 Å². The van der Waals surface area contributed by atoms with Crippen molar-refractivity contribution >= 4 is 11.9 Å². The minimum Gasteiger partial charge on any atom is -0.475 e. The summed E-state index contributed by atoms with van der Waals surface area (Å²) < 4.78 is 110. The molecule has 228 valence electrons. The van der Waals surface area contributed by atoms with Crippen molar-refractivity contribution in [2.75, 3.05) is 18.0 Å². The average molecular weight is 609 g/mol. The highest BCUT2D eigenvalue weighted by Gasteiger charge is 2.71. The summed E-state index contributed by atoms with van der Waals surface area (Å²) in [6.07, 6.45) is -11.0. The molecule has 1 aliphatic heterocycles. The Morgan fingerprint density at radius 1 is 0.786 bits per heavy atom. The molecular formula is C27H24F9N3O3. The predicted octanol–water partition coefficient (Wildman–Crippen LogP) is 6.55. The minimum atomic E-state index is -5.92. The lowest BCUT2D eigenvalue weighted by Gasteiger charge is -2.32. The second-order valence-electron chi connectivity index (χ2n) is 9.48. The van der Waals surface area contributed by atoms with E-state index in [2.05, 4.69) is 27.0 Å². The van der Waals surface area contributed by atoms with Crippen molar-refractivity contribution in [3.8, 4) is 11.1 Å². The van der Waals surface area contributed by atoms with Crippen LogP contribution in [0.3, 0.4) is 0 Å². The number of benzene rings is 2. The zero-order valence-corrected chi connectivity index (χ0v) is 21.5. The molecule has 6 nitrogen and oxygen atoms in total. The van der Waals surface area contributed by atoms with Crippen molar-refractivity contribution < 1.29 is 54.5 Å².